The van der Waals surface area contributed by atoms with Crippen LogP contribution >= 0.6 is 0 Å². The minimum absolute atomic E-state index is 0.250. The van der Waals surface area contributed by atoms with E-state index in [1.54, 1.807) is 27.9 Å². The molecule has 3 unspecified atom stereocenters. The molecule has 1 aliphatic rings. The predicted octanol–water partition coefficient (Wildman–Crippen LogP) is 4.22. The van der Waals surface area contributed by atoms with Crippen molar-refractivity contribution < 1.29 is 29.0 Å². The first-order chi connectivity index (χ1) is 14.4. The quantitative estimate of drug-likeness (QED) is 0.406. The SMILES string of the molecule is C=CCCC(C)CC(COC)CC(=O)N1CCCC1C.CC(C)(C)OC(N)=O.O=CO. The van der Waals surface area contributed by atoms with Crippen LogP contribution in [0.5, 0.6) is 0 Å². The number of carbonyl (C=O) groups is 3. The molecule has 1 aliphatic heterocycles. The summed E-state index contributed by atoms with van der Waals surface area (Å²) in [7, 11) is 1.73. The molecule has 0 spiro atoms. The first-order valence-corrected chi connectivity index (χ1v) is 10.9. The molecule has 3 N–H and O–H groups in total. The minimum Gasteiger partial charge on any atom is -0.483 e. The molecule has 1 saturated heterocycles. The third-order valence-corrected chi connectivity index (χ3v) is 4.75. The Morgan fingerprint density at radius 2 is 1.94 bits per heavy atom. The van der Waals surface area contributed by atoms with E-state index in [1.165, 1.54) is 0 Å². The number of amides is 2. The maximum absolute atomic E-state index is 12.4. The number of carbonyl (C=O) groups excluding carboxylic acids is 2. The van der Waals surface area contributed by atoms with Gasteiger partial charge in [-0.15, -0.1) is 6.58 Å². The second-order valence-corrected chi connectivity index (χ2v) is 8.95. The number of hydrogen-bond donors (Lipinski definition) is 2. The van der Waals surface area contributed by atoms with Crippen LogP contribution in [0.15, 0.2) is 12.7 Å². The molecule has 0 aromatic heterocycles. The van der Waals surface area contributed by atoms with Gasteiger partial charge in [0, 0.05) is 32.7 Å². The van der Waals surface area contributed by atoms with Gasteiger partial charge in [0.25, 0.3) is 6.47 Å². The summed E-state index contributed by atoms with van der Waals surface area (Å²) >= 11 is 0. The van der Waals surface area contributed by atoms with Gasteiger partial charge in [-0.1, -0.05) is 13.0 Å². The molecule has 8 heteroatoms. The largest absolute Gasteiger partial charge is 0.483 e. The van der Waals surface area contributed by atoms with Crippen molar-refractivity contribution in [3.8, 4) is 0 Å². The Labute approximate surface area is 188 Å². The zero-order valence-electron chi connectivity index (χ0n) is 20.3. The summed E-state index contributed by atoms with van der Waals surface area (Å²) in [5.74, 6) is 1.28. The molecule has 3 atom stereocenters. The van der Waals surface area contributed by atoms with Gasteiger partial charge in [0.15, 0.2) is 0 Å². The molecule has 0 aliphatic carbocycles. The normalized spacial score (nSPS) is 17.2. The highest BCUT2D eigenvalue weighted by Gasteiger charge is 2.27. The predicted molar refractivity (Wildman–Crippen MR) is 123 cm³/mol. The van der Waals surface area contributed by atoms with Crippen molar-refractivity contribution in [2.75, 3.05) is 20.3 Å². The van der Waals surface area contributed by atoms with Crippen LogP contribution in [0, 0.1) is 11.8 Å². The second-order valence-electron chi connectivity index (χ2n) is 8.95. The smallest absolute Gasteiger partial charge is 0.405 e. The Balaban J connectivity index is 0. The third-order valence-electron chi connectivity index (χ3n) is 4.75. The average Bonchev–Trinajstić information content (AvgIpc) is 3.05. The fraction of sp³-hybridized carbons (Fsp3) is 0.783. The van der Waals surface area contributed by atoms with E-state index in [-0.39, 0.29) is 6.47 Å². The first kappa shape index (κ1) is 31.1. The lowest BCUT2D eigenvalue weighted by atomic mass is 9.90. The van der Waals surface area contributed by atoms with Crippen LogP contribution < -0.4 is 5.73 Å². The molecule has 1 heterocycles. The maximum atomic E-state index is 12.4. The highest BCUT2D eigenvalue weighted by molar-refractivity contribution is 5.77. The van der Waals surface area contributed by atoms with Crippen molar-refractivity contribution in [2.24, 2.45) is 17.6 Å². The van der Waals surface area contributed by atoms with Gasteiger partial charge in [0.2, 0.25) is 5.91 Å². The van der Waals surface area contributed by atoms with E-state index in [1.807, 2.05) is 6.08 Å². The first-order valence-electron chi connectivity index (χ1n) is 10.9. The van der Waals surface area contributed by atoms with E-state index in [0.29, 0.717) is 36.8 Å². The molecule has 0 saturated carbocycles. The summed E-state index contributed by atoms with van der Waals surface area (Å²) in [6.07, 6.45) is 7.45. The lowest BCUT2D eigenvalue weighted by molar-refractivity contribution is -0.133. The van der Waals surface area contributed by atoms with Crippen LogP contribution in [-0.2, 0) is 19.1 Å². The van der Waals surface area contributed by atoms with E-state index in [0.717, 1.165) is 38.6 Å². The number of nitrogens with two attached hydrogens (primary N) is 1. The van der Waals surface area contributed by atoms with Gasteiger partial charge in [-0.05, 0) is 71.6 Å². The third kappa shape index (κ3) is 18.4. The van der Waals surface area contributed by atoms with Crippen molar-refractivity contribution in [2.45, 2.75) is 84.8 Å². The molecule has 8 nitrogen and oxygen atoms in total. The zero-order chi connectivity index (χ0) is 24.4. The van der Waals surface area contributed by atoms with Crippen molar-refractivity contribution in [1.82, 2.24) is 4.90 Å². The van der Waals surface area contributed by atoms with Crippen LogP contribution in [-0.4, -0.2) is 60.4 Å². The van der Waals surface area contributed by atoms with E-state index in [9.17, 15) is 9.59 Å². The highest BCUT2D eigenvalue weighted by atomic mass is 16.6. The van der Waals surface area contributed by atoms with Crippen LogP contribution in [0.3, 0.4) is 0 Å². The number of hydrogen-bond acceptors (Lipinski definition) is 5. The van der Waals surface area contributed by atoms with Gasteiger partial charge in [-0.3, -0.25) is 9.59 Å². The number of methoxy groups -OCH3 is 1. The number of carboxylic acid groups (broad SMARTS) is 1. The van der Waals surface area contributed by atoms with Crippen molar-refractivity contribution in [1.29, 1.82) is 0 Å². The van der Waals surface area contributed by atoms with Gasteiger partial charge in [0.1, 0.15) is 5.60 Å². The number of primary amides is 1. The lowest BCUT2D eigenvalue weighted by Gasteiger charge is -2.25. The maximum Gasteiger partial charge on any atom is 0.405 e. The van der Waals surface area contributed by atoms with Crippen molar-refractivity contribution in [3.05, 3.63) is 12.7 Å². The second kappa shape index (κ2) is 17.6. The van der Waals surface area contributed by atoms with E-state index in [2.05, 4.69) is 30.1 Å². The van der Waals surface area contributed by atoms with Gasteiger partial charge in [-0.25, -0.2) is 4.79 Å². The standard InChI is InChI=1S/C17H31NO2.C5H11NO2.CH2O2/c1-5-6-8-14(2)11-16(13-20-4)12-17(19)18-10-7-9-15(18)3;1-5(2,3)8-4(6)7;2-1-3/h5,14-16H,1,6-13H2,2-4H3;1-3H3,(H2,6,7);1H,(H,2,3). The topological polar surface area (TPSA) is 119 Å². The summed E-state index contributed by atoms with van der Waals surface area (Å²) in [5, 5.41) is 6.89. The van der Waals surface area contributed by atoms with E-state index < -0.39 is 11.7 Å². The van der Waals surface area contributed by atoms with Crippen molar-refractivity contribution in [3.63, 3.8) is 0 Å². The Kier molecular flexibility index (Phi) is 17.6. The number of nitrogens with zero attached hydrogens (tertiary/aromatic N) is 1. The molecule has 0 aromatic carbocycles. The fourth-order valence-corrected chi connectivity index (χ4v) is 3.51. The molecule has 182 valence electrons. The van der Waals surface area contributed by atoms with Gasteiger partial charge >= 0.3 is 6.09 Å². The summed E-state index contributed by atoms with van der Waals surface area (Å²) in [6, 6.07) is 0.420. The highest BCUT2D eigenvalue weighted by Crippen LogP contribution is 2.24. The summed E-state index contributed by atoms with van der Waals surface area (Å²) in [5.41, 5.74) is 4.26. The molecule has 31 heavy (non-hydrogen) atoms. The fourth-order valence-electron chi connectivity index (χ4n) is 3.51. The Morgan fingerprint density at radius 1 is 1.35 bits per heavy atom. The molecule has 0 bridgehead atoms. The monoisotopic (exact) mass is 444 g/mol. The Morgan fingerprint density at radius 3 is 2.29 bits per heavy atom. The number of likely N-dealkylation sites (tertiary alicyclic amines) is 1. The molecule has 2 amide bonds. The van der Waals surface area contributed by atoms with Crippen molar-refractivity contribution >= 4 is 18.5 Å². The van der Waals surface area contributed by atoms with Crippen LogP contribution in [0.2, 0.25) is 0 Å². The number of ether oxygens (including phenoxy) is 2. The van der Waals surface area contributed by atoms with Gasteiger partial charge < -0.3 is 25.2 Å². The average molecular weight is 445 g/mol. The van der Waals surface area contributed by atoms with Gasteiger partial charge in [-0.2, -0.15) is 0 Å². The molecule has 1 rings (SSSR count). The van der Waals surface area contributed by atoms with E-state index in [4.69, 9.17) is 20.4 Å². The zero-order valence-corrected chi connectivity index (χ0v) is 20.3. The van der Waals surface area contributed by atoms with Crippen LogP contribution in [0.1, 0.15) is 73.1 Å². The molecular formula is C23H44N2O6. The molecule has 1 fully saturated rings. The molecule has 0 radical (unpaired) electrons. The summed E-state index contributed by atoms with van der Waals surface area (Å²) in [4.78, 5) is 32.8. The Hall–Kier alpha value is -2.09. The van der Waals surface area contributed by atoms with E-state index >= 15 is 0 Å². The lowest BCUT2D eigenvalue weighted by Crippen LogP contribution is -2.35. The number of allylic oxidation sites excluding steroid dienone is 1. The molecular weight excluding hydrogens is 400 g/mol. The summed E-state index contributed by atoms with van der Waals surface area (Å²) < 4.78 is 9.89. The van der Waals surface area contributed by atoms with Gasteiger partial charge in [0.05, 0.1) is 0 Å². The summed E-state index contributed by atoms with van der Waals surface area (Å²) in [6.45, 7) is 14.8. The minimum atomic E-state index is -0.725. The van der Waals surface area contributed by atoms with Crippen LogP contribution in [0.4, 0.5) is 4.79 Å². The Bertz CT molecular complexity index is 519. The number of rotatable bonds is 9. The van der Waals surface area contributed by atoms with Crippen LogP contribution in [0.25, 0.3) is 0 Å². The molecule has 0 aromatic rings.